The molecule has 0 bridgehead atoms. The Labute approximate surface area is 117 Å². The van der Waals surface area contributed by atoms with Gasteiger partial charge in [0, 0.05) is 18.2 Å². The van der Waals surface area contributed by atoms with E-state index >= 15 is 0 Å². The predicted molar refractivity (Wildman–Crippen MR) is 81.1 cm³/mol. The number of nitrogens with one attached hydrogen (secondary N) is 1. The summed E-state index contributed by atoms with van der Waals surface area (Å²) in [6.07, 6.45) is 0. The second-order valence-electron chi connectivity index (χ2n) is 4.61. The fourth-order valence-electron chi connectivity index (χ4n) is 2.25. The molecule has 100 valence electrons. The van der Waals surface area contributed by atoms with Gasteiger partial charge in [-0.25, -0.2) is 5.01 Å². The van der Waals surface area contributed by atoms with E-state index in [0.717, 1.165) is 22.6 Å². The van der Waals surface area contributed by atoms with Crippen LogP contribution in [0.15, 0.2) is 59.7 Å². The smallest absolute Gasteiger partial charge is 0.244 e. The van der Waals surface area contributed by atoms with E-state index in [0.29, 0.717) is 6.54 Å². The number of anilines is 2. The SMILES string of the molecule is CC(=O)N(/N=C1\CNc2ccccc21)c1ccccc1. The molecule has 0 spiro atoms. The molecule has 2 aromatic rings. The topological polar surface area (TPSA) is 44.7 Å². The summed E-state index contributed by atoms with van der Waals surface area (Å²) >= 11 is 0. The van der Waals surface area contributed by atoms with E-state index in [1.54, 1.807) is 0 Å². The highest BCUT2D eigenvalue weighted by Crippen LogP contribution is 2.23. The molecule has 4 heteroatoms. The lowest BCUT2D eigenvalue weighted by molar-refractivity contribution is -0.116. The maximum Gasteiger partial charge on any atom is 0.244 e. The Morgan fingerprint density at radius 3 is 2.55 bits per heavy atom. The van der Waals surface area contributed by atoms with Gasteiger partial charge in [-0.15, -0.1) is 0 Å². The summed E-state index contributed by atoms with van der Waals surface area (Å²) in [6, 6.07) is 17.4. The van der Waals surface area contributed by atoms with Gasteiger partial charge in [-0.05, 0) is 18.2 Å². The fraction of sp³-hybridized carbons (Fsp3) is 0.125. The number of carbonyl (C=O) groups is 1. The van der Waals surface area contributed by atoms with Gasteiger partial charge >= 0.3 is 0 Å². The minimum Gasteiger partial charge on any atom is -0.379 e. The number of fused-ring (bicyclic) bond motifs is 1. The van der Waals surface area contributed by atoms with Crippen LogP contribution in [0, 0.1) is 0 Å². The van der Waals surface area contributed by atoms with Crippen LogP contribution in [0.3, 0.4) is 0 Å². The summed E-state index contributed by atoms with van der Waals surface area (Å²) < 4.78 is 0. The molecule has 0 saturated heterocycles. The van der Waals surface area contributed by atoms with Gasteiger partial charge in [-0.3, -0.25) is 4.79 Å². The van der Waals surface area contributed by atoms with Crippen molar-refractivity contribution in [3.63, 3.8) is 0 Å². The van der Waals surface area contributed by atoms with Crippen LogP contribution in [-0.4, -0.2) is 18.2 Å². The molecule has 0 aliphatic carbocycles. The zero-order valence-corrected chi connectivity index (χ0v) is 11.2. The summed E-state index contributed by atoms with van der Waals surface area (Å²) in [5, 5.41) is 9.25. The normalized spacial score (nSPS) is 14.8. The van der Waals surface area contributed by atoms with Crippen molar-refractivity contribution in [3.05, 3.63) is 60.2 Å². The van der Waals surface area contributed by atoms with Gasteiger partial charge < -0.3 is 5.32 Å². The van der Waals surface area contributed by atoms with Crippen LogP contribution in [0.2, 0.25) is 0 Å². The van der Waals surface area contributed by atoms with Gasteiger partial charge in [-0.1, -0.05) is 36.4 Å². The van der Waals surface area contributed by atoms with Gasteiger partial charge in [0.1, 0.15) is 0 Å². The molecule has 0 atom stereocenters. The number of hydrogen-bond donors (Lipinski definition) is 1. The van der Waals surface area contributed by atoms with Gasteiger partial charge in [0.05, 0.1) is 17.9 Å². The Morgan fingerprint density at radius 2 is 1.80 bits per heavy atom. The fourth-order valence-corrected chi connectivity index (χ4v) is 2.25. The van der Waals surface area contributed by atoms with Gasteiger partial charge in [0.15, 0.2) is 0 Å². The molecule has 0 radical (unpaired) electrons. The third-order valence-electron chi connectivity index (χ3n) is 3.20. The quantitative estimate of drug-likeness (QED) is 0.849. The predicted octanol–water partition coefficient (Wildman–Crippen LogP) is 2.87. The van der Waals surface area contributed by atoms with Crippen molar-refractivity contribution in [2.75, 3.05) is 16.9 Å². The van der Waals surface area contributed by atoms with Crippen molar-refractivity contribution in [3.8, 4) is 0 Å². The molecule has 20 heavy (non-hydrogen) atoms. The Balaban J connectivity index is 2.00. The Kier molecular flexibility index (Phi) is 3.21. The number of benzene rings is 2. The maximum atomic E-state index is 11.8. The average Bonchev–Trinajstić information content (AvgIpc) is 2.88. The highest BCUT2D eigenvalue weighted by Gasteiger charge is 2.19. The molecule has 0 aromatic heterocycles. The molecule has 3 rings (SSSR count). The molecule has 1 N–H and O–H groups in total. The Bertz CT molecular complexity index is 664. The lowest BCUT2D eigenvalue weighted by Crippen LogP contribution is -2.25. The van der Waals surface area contributed by atoms with Gasteiger partial charge in [0.25, 0.3) is 0 Å². The van der Waals surface area contributed by atoms with E-state index in [2.05, 4.69) is 10.4 Å². The number of amides is 1. The van der Waals surface area contributed by atoms with E-state index < -0.39 is 0 Å². The van der Waals surface area contributed by atoms with Crippen molar-refractivity contribution in [1.82, 2.24) is 0 Å². The number of nitrogens with zero attached hydrogens (tertiary/aromatic N) is 2. The molecular formula is C16H15N3O. The van der Waals surface area contributed by atoms with Crippen LogP contribution in [0.4, 0.5) is 11.4 Å². The standard InChI is InChI=1S/C16H15N3O/c1-12(20)19(13-7-3-2-4-8-13)18-16-11-17-15-10-6-5-9-14(15)16/h2-10,17H,11H2,1H3/b18-16+. The van der Waals surface area contributed by atoms with E-state index in [4.69, 9.17) is 0 Å². The molecular weight excluding hydrogens is 250 g/mol. The molecule has 1 heterocycles. The minimum absolute atomic E-state index is 0.104. The molecule has 0 unspecified atom stereocenters. The third-order valence-corrected chi connectivity index (χ3v) is 3.20. The van der Waals surface area contributed by atoms with Crippen LogP contribution in [0.1, 0.15) is 12.5 Å². The summed E-state index contributed by atoms with van der Waals surface area (Å²) in [7, 11) is 0. The second kappa shape index (κ2) is 5.17. The Hall–Kier alpha value is -2.62. The van der Waals surface area contributed by atoms with Crippen molar-refractivity contribution < 1.29 is 4.79 Å². The first-order valence-electron chi connectivity index (χ1n) is 6.52. The zero-order chi connectivity index (χ0) is 13.9. The molecule has 2 aromatic carbocycles. The monoisotopic (exact) mass is 265 g/mol. The lowest BCUT2D eigenvalue weighted by Gasteiger charge is -2.16. The van der Waals surface area contributed by atoms with Crippen LogP contribution in [0.5, 0.6) is 0 Å². The zero-order valence-electron chi connectivity index (χ0n) is 11.2. The molecule has 1 aliphatic heterocycles. The van der Waals surface area contributed by atoms with Gasteiger partial charge in [0.2, 0.25) is 5.91 Å². The maximum absolute atomic E-state index is 11.8. The summed E-state index contributed by atoms with van der Waals surface area (Å²) in [6.45, 7) is 2.15. The Morgan fingerprint density at radius 1 is 1.10 bits per heavy atom. The largest absolute Gasteiger partial charge is 0.379 e. The second-order valence-corrected chi connectivity index (χ2v) is 4.61. The van der Waals surface area contributed by atoms with Crippen molar-refractivity contribution >= 4 is 23.0 Å². The van der Waals surface area contributed by atoms with Crippen LogP contribution in [-0.2, 0) is 4.79 Å². The first-order valence-corrected chi connectivity index (χ1v) is 6.52. The van der Waals surface area contributed by atoms with Crippen LogP contribution < -0.4 is 10.3 Å². The van der Waals surface area contributed by atoms with E-state index in [1.165, 1.54) is 11.9 Å². The van der Waals surface area contributed by atoms with Crippen molar-refractivity contribution in [2.45, 2.75) is 6.92 Å². The van der Waals surface area contributed by atoms with Crippen molar-refractivity contribution in [1.29, 1.82) is 0 Å². The first kappa shape index (κ1) is 12.4. The number of para-hydroxylation sites is 2. The minimum atomic E-state index is -0.104. The summed E-state index contributed by atoms with van der Waals surface area (Å²) in [5.41, 5.74) is 3.76. The number of hydrogen-bond acceptors (Lipinski definition) is 3. The summed E-state index contributed by atoms with van der Waals surface area (Å²) in [4.78, 5) is 11.8. The molecule has 0 fully saturated rings. The van der Waals surface area contributed by atoms with E-state index in [-0.39, 0.29) is 5.91 Å². The first-order chi connectivity index (χ1) is 9.75. The lowest BCUT2D eigenvalue weighted by atomic mass is 10.1. The van der Waals surface area contributed by atoms with Gasteiger partial charge in [-0.2, -0.15) is 5.10 Å². The molecule has 1 amide bonds. The third kappa shape index (κ3) is 2.28. The highest BCUT2D eigenvalue weighted by molar-refractivity contribution is 6.12. The molecule has 4 nitrogen and oxygen atoms in total. The van der Waals surface area contributed by atoms with Crippen molar-refractivity contribution in [2.24, 2.45) is 5.10 Å². The number of rotatable bonds is 2. The molecule has 0 saturated carbocycles. The highest BCUT2D eigenvalue weighted by atomic mass is 16.2. The molecule has 1 aliphatic rings. The average molecular weight is 265 g/mol. The van der Waals surface area contributed by atoms with E-state index in [9.17, 15) is 4.79 Å². The van der Waals surface area contributed by atoms with Crippen LogP contribution in [0.25, 0.3) is 0 Å². The van der Waals surface area contributed by atoms with Crippen LogP contribution >= 0.6 is 0 Å². The summed E-state index contributed by atoms with van der Waals surface area (Å²) in [5.74, 6) is -0.104. The number of carbonyl (C=O) groups excluding carboxylic acids is 1. The number of hydrazone groups is 1. The van der Waals surface area contributed by atoms with E-state index in [1.807, 2.05) is 54.6 Å².